The minimum atomic E-state index is 0.258. The Balaban J connectivity index is 1.57. The summed E-state index contributed by atoms with van der Waals surface area (Å²) in [5, 5.41) is 4.80. The number of hydrogen-bond donors (Lipinski definition) is 1. The van der Waals surface area contributed by atoms with Crippen LogP contribution >= 0.6 is 0 Å². The highest BCUT2D eigenvalue weighted by Crippen LogP contribution is 2.32. The number of hydrogen-bond acceptors (Lipinski definition) is 3. The monoisotopic (exact) mass is 276 g/mol. The zero-order chi connectivity index (χ0) is 14.1. The van der Waals surface area contributed by atoms with Crippen molar-refractivity contribution in [1.29, 1.82) is 0 Å². The molecule has 21 heavy (non-hydrogen) atoms. The van der Waals surface area contributed by atoms with Gasteiger partial charge in [-0.05, 0) is 23.8 Å². The molecule has 3 heteroatoms. The van der Waals surface area contributed by atoms with Gasteiger partial charge in [-0.3, -0.25) is 4.98 Å². The standard InChI is InChI=1S/C18H16N2O/c1-3-7-16-14(5-1)13(9-10-19-16)11-20-17-12-21-18-8-4-2-6-15(17)18/h1-10,17,20H,11-12H2. The van der Waals surface area contributed by atoms with Gasteiger partial charge in [-0.2, -0.15) is 0 Å². The van der Waals surface area contributed by atoms with Crippen molar-refractivity contribution in [1.82, 2.24) is 10.3 Å². The van der Waals surface area contributed by atoms with Gasteiger partial charge in [-0.25, -0.2) is 0 Å². The number of pyridine rings is 1. The van der Waals surface area contributed by atoms with Crippen LogP contribution in [0.3, 0.4) is 0 Å². The topological polar surface area (TPSA) is 34.1 Å². The molecule has 2 aromatic carbocycles. The zero-order valence-corrected chi connectivity index (χ0v) is 11.6. The summed E-state index contributed by atoms with van der Waals surface area (Å²) in [6.45, 7) is 1.51. The van der Waals surface area contributed by atoms with E-state index in [0.29, 0.717) is 6.61 Å². The molecule has 0 radical (unpaired) electrons. The van der Waals surface area contributed by atoms with Gasteiger partial charge >= 0.3 is 0 Å². The first-order valence-electron chi connectivity index (χ1n) is 7.19. The second kappa shape index (κ2) is 5.19. The smallest absolute Gasteiger partial charge is 0.124 e. The van der Waals surface area contributed by atoms with Crippen LogP contribution in [-0.4, -0.2) is 11.6 Å². The summed E-state index contributed by atoms with van der Waals surface area (Å²) >= 11 is 0. The molecule has 1 aliphatic heterocycles. The average Bonchev–Trinajstić information content (AvgIpc) is 2.96. The van der Waals surface area contributed by atoms with E-state index in [-0.39, 0.29) is 6.04 Å². The van der Waals surface area contributed by atoms with Gasteiger partial charge < -0.3 is 10.1 Å². The highest BCUT2D eigenvalue weighted by Gasteiger charge is 2.22. The number of nitrogens with zero attached hydrogens (tertiary/aromatic N) is 1. The lowest BCUT2D eigenvalue weighted by molar-refractivity contribution is 0.310. The Morgan fingerprint density at radius 3 is 2.90 bits per heavy atom. The molecule has 0 bridgehead atoms. The number of aromatic nitrogens is 1. The SMILES string of the molecule is c1ccc2c(c1)OCC2NCc1ccnc2ccccc12. The second-order valence-corrected chi connectivity index (χ2v) is 5.27. The fourth-order valence-corrected chi connectivity index (χ4v) is 2.87. The number of nitrogens with one attached hydrogen (secondary N) is 1. The Kier molecular flexibility index (Phi) is 3.05. The van der Waals surface area contributed by atoms with Gasteiger partial charge in [0.1, 0.15) is 12.4 Å². The summed E-state index contributed by atoms with van der Waals surface area (Å²) in [6.07, 6.45) is 1.87. The Bertz CT molecular complexity index is 780. The van der Waals surface area contributed by atoms with Crippen molar-refractivity contribution in [3.63, 3.8) is 0 Å². The highest BCUT2D eigenvalue weighted by atomic mass is 16.5. The van der Waals surface area contributed by atoms with Crippen LogP contribution in [0, 0.1) is 0 Å². The van der Waals surface area contributed by atoms with Crippen LogP contribution < -0.4 is 10.1 Å². The molecule has 3 aromatic rings. The van der Waals surface area contributed by atoms with E-state index in [4.69, 9.17) is 4.74 Å². The number of para-hydroxylation sites is 2. The summed E-state index contributed by atoms with van der Waals surface area (Å²) in [5.74, 6) is 0.995. The van der Waals surface area contributed by atoms with Crippen molar-refractivity contribution >= 4 is 10.9 Å². The van der Waals surface area contributed by atoms with Crippen LogP contribution in [0.2, 0.25) is 0 Å². The van der Waals surface area contributed by atoms with Crippen LogP contribution in [0.15, 0.2) is 60.8 Å². The summed E-state index contributed by atoms with van der Waals surface area (Å²) < 4.78 is 5.71. The fraction of sp³-hybridized carbons (Fsp3) is 0.167. The molecule has 1 atom stereocenters. The number of fused-ring (bicyclic) bond motifs is 2. The number of rotatable bonds is 3. The van der Waals surface area contributed by atoms with Crippen molar-refractivity contribution in [2.24, 2.45) is 0 Å². The minimum absolute atomic E-state index is 0.258. The van der Waals surface area contributed by atoms with Crippen molar-refractivity contribution < 1.29 is 4.74 Å². The molecule has 104 valence electrons. The molecular formula is C18H16N2O. The van der Waals surface area contributed by atoms with E-state index >= 15 is 0 Å². The van der Waals surface area contributed by atoms with E-state index < -0.39 is 0 Å². The Labute approximate surface area is 123 Å². The van der Waals surface area contributed by atoms with Crippen molar-refractivity contribution in [2.75, 3.05) is 6.61 Å². The van der Waals surface area contributed by atoms with Crippen molar-refractivity contribution in [2.45, 2.75) is 12.6 Å². The maximum atomic E-state index is 5.71. The molecular weight excluding hydrogens is 260 g/mol. The minimum Gasteiger partial charge on any atom is -0.491 e. The lowest BCUT2D eigenvalue weighted by Gasteiger charge is -2.13. The van der Waals surface area contributed by atoms with Gasteiger partial charge in [-0.1, -0.05) is 36.4 Å². The number of benzene rings is 2. The van der Waals surface area contributed by atoms with Gasteiger partial charge in [0.05, 0.1) is 11.6 Å². The van der Waals surface area contributed by atoms with E-state index in [2.05, 4.69) is 40.6 Å². The summed E-state index contributed by atoms with van der Waals surface area (Å²) in [4.78, 5) is 4.41. The third-order valence-corrected chi connectivity index (χ3v) is 3.98. The molecule has 1 N–H and O–H groups in total. The molecule has 0 saturated heterocycles. The molecule has 4 rings (SSSR count). The molecule has 1 aromatic heterocycles. The van der Waals surface area contributed by atoms with E-state index in [0.717, 1.165) is 17.8 Å². The average molecular weight is 276 g/mol. The first kappa shape index (κ1) is 12.4. The summed E-state index contributed by atoms with van der Waals surface area (Å²) in [6, 6.07) is 18.8. The molecule has 0 amide bonds. The van der Waals surface area contributed by atoms with Gasteiger partial charge in [0, 0.05) is 23.7 Å². The third-order valence-electron chi connectivity index (χ3n) is 3.98. The first-order valence-corrected chi connectivity index (χ1v) is 7.19. The number of ether oxygens (including phenoxy) is 1. The van der Waals surface area contributed by atoms with Gasteiger partial charge in [0.15, 0.2) is 0 Å². The molecule has 1 unspecified atom stereocenters. The summed E-state index contributed by atoms with van der Waals surface area (Å²) in [7, 11) is 0. The maximum Gasteiger partial charge on any atom is 0.124 e. The molecule has 3 nitrogen and oxygen atoms in total. The van der Waals surface area contributed by atoms with Gasteiger partial charge in [0.2, 0.25) is 0 Å². The first-order chi connectivity index (χ1) is 10.4. The van der Waals surface area contributed by atoms with Crippen molar-refractivity contribution in [3.05, 3.63) is 71.9 Å². The molecule has 0 spiro atoms. The Hall–Kier alpha value is -2.39. The predicted molar refractivity (Wildman–Crippen MR) is 83.3 cm³/mol. The van der Waals surface area contributed by atoms with Crippen LogP contribution in [0.1, 0.15) is 17.2 Å². The fourth-order valence-electron chi connectivity index (χ4n) is 2.87. The maximum absolute atomic E-state index is 5.71. The lowest BCUT2D eigenvalue weighted by atomic mass is 10.1. The van der Waals surface area contributed by atoms with Crippen LogP contribution in [0.4, 0.5) is 0 Å². The summed E-state index contributed by atoms with van der Waals surface area (Å²) in [5.41, 5.74) is 3.56. The lowest BCUT2D eigenvalue weighted by Crippen LogP contribution is -2.22. The Morgan fingerprint density at radius 1 is 1.05 bits per heavy atom. The van der Waals surface area contributed by atoms with Crippen LogP contribution in [0.5, 0.6) is 5.75 Å². The van der Waals surface area contributed by atoms with Crippen LogP contribution in [-0.2, 0) is 6.54 Å². The molecule has 1 aliphatic rings. The largest absolute Gasteiger partial charge is 0.491 e. The molecule has 0 saturated carbocycles. The molecule has 0 aliphatic carbocycles. The van der Waals surface area contributed by atoms with Gasteiger partial charge in [-0.15, -0.1) is 0 Å². The second-order valence-electron chi connectivity index (χ2n) is 5.27. The van der Waals surface area contributed by atoms with Crippen molar-refractivity contribution in [3.8, 4) is 5.75 Å². The quantitative estimate of drug-likeness (QED) is 0.795. The van der Waals surface area contributed by atoms with E-state index in [1.807, 2.05) is 30.5 Å². The molecule has 2 heterocycles. The Morgan fingerprint density at radius 2 is 1.90 bits per heavy atom. The van der Waals surface area contributed by atoms with Gasteiger partial charge in [0.25, 0.3) is 0 Å². The normalized spacial score (nSPS) is 16.7. The molecule has 0 fully saturated rings. The zero-order valence-electron chi connectivity index (χ0n) is 11.6. The van der Waals surface area contributed by atoms with E-state index in [1.165, 1.54) is 16.5 Å². The highest BCUT2D eigenvalue weighted by molar-refractivity contribution is 5.81. The van der Waals surface area contributed by atoms with E-state index in [1.54, 1.807) is 0 Å². The van der Waals surface area contributed by atoms with Crippen LogP contribution in [0.25, 0.3) is 10.9 Å². The third kappa shape index (κ3) is 2.26. The predicted octanol–water partition coefficient (Wildman–Crippen LogP) is 3.46. The van der Waals surface area contributed by atoms with E-state index in [9.17, 15) is 0 Å².